The first kappa shape index (κ1) is 17.4. The summed E-state index contributed by atoms with van der Waals surface area (Å²) in [5.41, 5.74) is 1.17. The van der Waals surface area contributed by atoms with Gasteiger partial charge in [0.05, 0.1) is 23.5 Å². The molecule has 132 valence electrons. The number of rotatable bonds is 5. The zero-order valence-electron chi connectivity index (χ0n) is 14.2. The minimum absolute atomic E-state index is 0.354. The summed E-state index contributed by atoms with van der Waals surface area (Å²) >= 11 is 0. The normalized spacial score (nSPS) is 16.3. The summed E-state index contributed by atoms with van der Waals surface area (Å²) < 4.78 is 26.7. The van der Waals surface area contributed by atoms with E-state index in [0.717, 1.165) is 42.8 Å². The van der Waals surface area contributed by atoms with E-state index in [9.17, 15) is 8.42 Å². The van der Waals surface area contributed by atoms with E-state index in [-0.39, 0.29) is 0 Å². The molecule has 7 heteroatoms. The van der Waals surface area contributed by atoms with Gasteiger partial charge in [-0.1, -0.05) is 37.3 Å². The lowest BCUT2D eigenvalue weighted by molar-refractivity contribution is 0.434. The molecule has 1 aromatic carbocycles. The van der Waals surface area contributed by atoms with Crippen LogP contribution in [0.4, 0.5) is 11.6 Å². The van der Waals surface area contributed by atoms with E-state index >= 15 is 0 Å². The highest BCUT2D eigenvalue weighted by Crippen LogP contribution is 2.20. The van der Waals surface area contributed by atoms with Gasteiger partial charge in [0.15, 0.2) is 0 Å². The van der Waals surface area contributed by atoms with Crippen LogP contribution in [0.15, 0.2) is 48.1 Å². The van der Waals surface area contributed by atoms with E-state index in [1.807, 2.05) is 30.3 Å². The van der Waals surface area contributed by atoms with Crippen molar-refractivity contribution in [1.82, 2.24) is 9.97 Å². The molecule has 1 aliphatic heterocycles. The van der Waals surface area contributed by atoms with E-state index in [1.54, 1.807) is 6.08 Å². The van der Waals surface area contributed by atoms with Crippen LogP contribution in [0.5, 0.6) is 0 Å². The first-order valence-electron chi connectivity index (χ1n) is 8.35. The zero-order chi connectivity index (χ0) is 17.7. The minimum atomic E-state index is -3.60. The SMILES string of the molecule is CC1CCN(c2ncc(NS(=O)(=O)/C=C/c3ccccc3)cn2)CC1. The molecule has 3 rings (SSSR count). The Morgan fingerprint density at radius 1 is 1.12 bits per heavy atom. The number of hydrogen-bond donors (Lipinski definition) is 1. The van der Waals surface area contributed by atoms with Gasteiger partial charge in [-0.15, -0.1) is 0 Å². The Kier molecular flexibility index (Phi) is 5.33. The Bertz CT molecular complexity index is 812. The Hall–Kier alpha value is -2.41. The third-order valence-electron chi connectivity index (χ3n) is 4.20. The van der Waals surface area contributed by atoms with Gasteiger partial charge in [-0.2, -0.15) is 0 Å². The average Bonchev–Trinajstić information content (AvgIpc) is 2.62. The second kappa shape index (κ2) is 7.65. The van der Waals surface area contributed by atoms with Gasteiger partial charge in [0.2, 0.25) is 5.95 Å². The molecule has 1 N–H and O–H groups in total. The van der Waals surface area contributed by atoms with Crippen LogP contribution < -0.4 is 9.62 Å². The molecule has 2 heterocycles. The van der Waals surface area contributed by atoms with Crippen molar-refractivity contribution >= 4 is 27.7 Å². The van der Waals surface area contributed by atoms with E-state index in [0.29, 0.717) is 11.6 Å². The van der Waals surface area contributed by atoms with Crippen molar-refractivity contribution in [3.05, 3.63) is 53.7 Å². The lowest BCUT2D eigenvalue weighted by atomic mass is 10.00. The highest BCUT2D eigenvalue weighted by molar-refractivity contribution is 7.95. The van der Waals surface area contributed by atoms with E-state index in [4.69, 9.17) is 0 Å². The van der Waals surface area contributed by atoms with Crippen LogP contribution in [0.3, 0.4) is 0 Å². The average molecular weight is 358 g/mol. The smallest absolute Gasteiger partial charge is 0.255 e. The summed E-state index contributed by atoms with van der Waals surface area (Å²) in [6.45, 7) is 4.12. The van der Waals surface area contributed by atoms with Gasteiger partial charge in [-0.3, -0.25) is 4.72 Å². The van der Waals surface area contributed by atoms with Crippen molar-refractivity contribution in [1.29, 1.82) is 0 Å². The molecule has 0 atom stereocenters. The summed E-state index contributed by atoms with van der Waals surface area (Å²) in [5.74, 6) is 1.38. The van der Waals surface area contributed by atoms with E-state index < -0.39 is 10.0 Å². The number of nitrogens with zero attached hydrogens (tertiary/aromatic N) is 3. The predicted octanol–water partition coefficient (Wildman–Crippen LogP) is 3.13. The first-order valence-corrected chi connectivity index (χ1v) is 9.89. The largest absolute Gasteiger partial charge is 0.341 e. The number of benzene rings is 1. The highest BCUT2D eigenvalue weighted by Gasteiger charge is 2.18. The molecule has 0 unspecified atom stereocenters. The van der Waals surface area contributed by atoms with Gasteiger partial charge < -0.3 is 4.90 Å². The molecule has 1 aliphatic rings. The molecular formula is C18H22N4O2S. The molecule has 0 saturated carbocycles. The van der Waals surface area contributed by atoms with Crippen LogP contribution in [0.2, 0.25) is 0 Å². The van der Waals surface area contributed by atoms with Crippen molar-refractivity contribution < 1.29 is 8.42 Å². The van der Waals surface area contributed by atoms with Crippen LogP contribution in [0.25, 0.3) is 6.08 Å². The Morgan fingerprint density at radius 3 is 2.40 bits per heavy atom. The molecule has 0 amide bonds. The Morgan fingerprint density at radius 2 is 1.76 bits per heavy atom. The molecule has 1 fully saturated rings. The molecule has 1 saturated heterocycles. The molecule has 6 nitrogen and oxygen atoms in total. The standard InChI is InChI=1S/C18H22N4O2S/c1-15-7-10-22(11-8-15)18-19-13-17(14-20-18)21-25(23,24)12-9-16-5-3-2-4-6-16/h2-6,9,12-15,21H,7-8,10-11H2,1H3/b12-9+. The summed E-state index contributed by atoms with van der Waals surface area (Å²) in [6.07, 6.45) is 6.82. The Labute approximate surface area is 148 Å². The fourth-order valence-corrected chi connectivity index (χ4v) is 3.51. The second-order valence-corrected chi connectivity index (χ2v) is 7.87. The van der Waals surface area contributed by atoms with Crippen molar-refractivity contribution in [2.75, 3.05) is 22.7 Å². The fraction of sp³-hybridized carbons (Fsp3) is 0.333. The maximum Gasteiger partial charge on any atom is 0.255 e. The van der Waals surface area contributed by atoms with Crippen molar-refractivity contribution in [2.45, 2.75) is 19.8 Å². The van der Waals surface area contributed by atoms with E-state index in [2.05, 4.69) is 26.5 Å². The van der Waals surface area contributed by atoms with Gasteiger partial charge >= 0.3 is 0 Å². The van der Waals surface area contributed by atoms with Crippen LogP contribution >= 0.6 is 0 Å². The number of nitrogens with one attached hydrogen (secondary N) is 1. The van der Waals surface area contributed by atoms with Gasteiger partial charge in [-0.25, -0.2) is 18.4 Å². The van der Waals surface area contributed by atoms with Crippen molar-refractivity contribution in [3.63, 3.8) is 0 Å². The predicted molar refractivity (Wildman–Crippen MR) is 101 cm³/mol. The topological polar surface area (TPSA) is 75.2 Å². The van der Waals surface area contributed by atoms with Crippen LogP contribution in [0.1, 0.15) is 25.3 Å². The number of anilines is 2. The summed E-state index contributed by atoms with van der Waals surface area (Å²) in [6, 6.07) is 9.26. The molecule has 2 aromatic rings. The number of aromatic nitrogens is 2. The maximum absolute atomic E-state index is 12.1. The number of piperidine rings is 1. The van der Waals surface area contributed by atoms with Crippen LogP contribution in [0, 0.1) is 5.92 Å². The minimum Gasteiger partial charge on any atom is -0.341 e. The van der Waals surface area contributed by atoms with Crippen LogP contribution in [-0.2, 0) is 10.0 Å². The Balaban J connectivity index is 1.63. The number of hydrogen-bond acceptors (Lipinski definition) is 5. The first-order chi connectivity index (χ1) is 12.0. The lowest BCUT2D eigenvalue weighted by Crippen LogP contribution is -2.34. The summed E-state index contributed by atoms with van der Waals surface area (Å²) in [5, 5.41) is 1.14. The molecular weight excluding hydrogens is 336 g/mol. The molecule has 25 heavy (non-hydrogen) atoms. The van der Waals surface area contributed by atoms with Gasteiger partial charge in [0, 0.05) is 13.1 Å². The number of sulfonamides is 1. The third-order valence-corrected chi connectivity index (χ3v) is 5.22. The monoisotopic (exact) mass is 358 g/mol. The molecule has 0 spiro atoms. The molecule has 1 aromatic heterocycles. The van der Waals surface area contributed by atoms with Crippen LogP contribution in [-0.4, -0.2) is 31.5 Å². The quantitative estimate of drug-likeness (QED) is 0.889. The maximum atomic E-state index is 12.1. The summed E-state index contributed by atoms with van der Waals surface area (Å²) in [4.78, 5) is 10.7. The van der Waals surface area contributed by atoms with Gasteiger partial charge in [0.25, 0.3) is 10.0 Å². The highest BCUT2D eigenvalue weighted by atomic mass is 32.2. The van der Waals surface area contributed by atoms with Crippen molar-refractivity contribution in [2.24, 2.45) is 5.92 Å². The zero-order valence-corrected chi connectivity index (χ0v) is 15.0. The molecule has 0 radical (unpaired) electrons. The second-order valence-electron chi connectivity index (χ2n) is 6.30. The van der Waals surface area contributed by atoms with E-state index in [1.165, 1.54) is 12.4 Å². The fourth-order valence-electron chi connectivity index (χ4n) is 2.68. The molecule has 0 aliphatic carbocycles. The third kappa shape index (κ3) is 5.03. The van der Waals surface area contributed by atoms with Gasteiger partial charge in [-0.05, 0) is 30.4 Å². The van der Waals surface area contributed by atoms with Gasteiger partial charge in [0.1, 0.15) is 0 Å². The summed E-state index contributed by atoms with van der Waals surface area (Å²) in [7, 11) is -3.60. The van der Waals surface area contributed by atoms with Crippen molar-refractivity contribution in [3.8, 4) is 0 Å². The molecule has 0 bridgehead atoms. The lowest BCUT2D eigenvalue weighted by Gasteiger charge is -2.30.